The van der Waals surface area contributed by atoms with Gasteiger partial charge in [0.05, 0.1) is 13.2 Å². The molecule has 4 nitrogen and oxygen atoms in total. The van der Waals surface area contributed by atoms with Crippen molar-refractivity contribution < 1.29 is 13.9 Å². The zero-order valence-corrected chi connectivity index (χ0v) is 15.9. The molecule has 128 valence electrons. The molecule has 1 spiro atoms. The minimum Gasteiger partial charge on any atom is -0.415 e. The first-order valence-electron chi connectivity index (χ1n) is 8.89. The molecule has 2 saturated heterocycles. The van der Waals surface area contributed by atoms with Crippen molar-refractivity contribution in [2.45, 2.75) is 82.5 Å². The van der Waals surface area contributed by atoms with Crippen LogP contribution in [0.5, 0.6) is 0 Å². The molecule has 3 atom stereocenters. The highest BCUT2D eigenvalue weighted by molar-refractivity contribution is 6.74. The molecule has 0 unspecified atom stereocenters. The van der Waals surface area contributed by atoms with Gasteiger partial charge in [-0.1, -0.05) is 20.8 Å². The highest BCUT2D eigenvalue weighted by Gasteiger charge is 2.48. The van der Waals surface area contributed by atoms with Gasteiger partial charge in [0.15, 0.2) is 14.1 Å². The van der Waals surface area contributed by atoms with Crippen LogP contribution >= 0.6 is 0 Å². The maximum Gasteiger partial charge on any atom is 0.192 e. The molecule has 1 N–H and O–H groups in total. The molecular weight excluding hydrogens is 294 g/mol. The number of rotatable bonds is 3. The lowest BCUT2D eigenvalue weighted by atomic mass is 9.81. The third-order valence-corrected chi connectivity index (χ3v) is 10.8. The van der Waals surface area contributed by atoms with Crippen LogP contribution in [0.25, 0.3) is 0 Å². The topological polar surface area (TPSA) is 39.7 Å². The van der Waals surface area contributed by atoms with Crippen molar-refractivity contribution in [1.29, 1.82) is 0 Å². The predicted octanol–water partition coefficient (Wildman–Crippen LogP) is 3.28. The highest BCUT2D eigenvalue weighted by atomic mass is 28.4. The molecule has 0 aromatic heterocycles. The fourth-order valence-corrected chi connectivity index (χ4v) is 4.88. The van der Waals surface area contributed by atoms with Gasteiger partial charge in [-0.05, 0) is 36.9 Å². The fourth-order valence-electron chi connectivity index (χ4n) is 3.82. The summed E-state index contributed by atoms with van der Waals surface area (Å²) in [6.45, 7) is 14.0. The molecule has 3 aliphatic rings. The molecule has 0 aromatic carbocycles. The Hall–Kier alpha value is 0.0569. The number of hydrogen-bond donors (Lipinski definition) is 1. The van der Waals surface area contributed by atoms with Crippen molar-refractivity contribution in [1.82, 2.24) is 5.32 Å². The SMILES string of the molecule is CC(C)(C)[Si](C)(C)OC[C@@H]1C[C@H]2CCC3(C[C@H]2N1)OCCO3. The number of nitrogens with one attached hydrogen (secondary N) is 1. The normalized spacial score (nSPS) is 35.0. The molecule has 0 bridgehead atoms. The van der Waals surface area contributed by atoms with Gasteiger partial charge in [-0.2, -0.15) is 0 Å². The monoisotopic (exact) mass is 327 g/mol. The molecular formula is C17H33NO3Si. The lowest BCUT2D eigenvalue weighted by Gasteiger charge is -2.38. The van der Waals surface area contributed by atoms with Crippen LogP contribution in [0.4, 0.5) is 0 Å². The Balaban J connectivity index is 1.52. The zero-order valence-electron chi connectivity index (χ0n) is 14.9. The van der Waals surface area contributed by atoms with Crippen LogP contribution in [0.15, 0.2) is 0 Å². The van der Waals surface area contributed by atoms with E-state index >= 15 is 0 Å². The van der Waals surface area contributed by atoms with Gasteiger partial charge in [-0.15, -0.1) is 0 Å². The van der Waals surface area contributed by atoms with Gasteiger partial charge < -0.3 is 19.2 Å². The van der Waals surface area contributed by atoms with Gasteiger partial charge >= 0.3 is 0 Å². The second-order valence-corrected chi connectivity index (χ2v) is 13.7. The van der Waals surface area contributed by atoms with Crippen molar-refractivity contribution in [2.75, 3.05) is 19.8 Å². The Kier molecular flexibility index (Phi) is 4.49. The van der Waals surface area contributed by atoms with Gasteiger partial charge in [0.1, 0.15) is 0 Å². The molecule has 3 rings (SSSR count). The van der Waals surface area contributed by atoms with Crippen molar-refractivity contribution in [2.24, 2.45) is 5.92 Å². The molecule has 3 fully saturated rings. The lowest BCUT2D eigenvalue weighted by molar-refractivity contribution is -0.185. The molecule has 2 heterocycles. The number of ether oxygens (including phenoxy) is 2. The molecule has 0 aromatic rings. The molecule has 22 heavy (non-hydrogen) atoms. The molecule has 1 aliphatic carbocycles. The summed E-state index contributed by atoms with van der Waals surface area (Å²) in [6.07, 6.45) is 4.53. The van der Waals surface area contributed by atoms with E-state index in [0.29, 0.717) is 12.1 Å². The maximum absolute atomic E-state index is 6.41. The largest absolute Gasteiger partial charge is 0.415 e. The van der Waals surface area contributed by atoms with Gasteiger partial charge in [-0.25, -0.2) is 0 Å². The van der Waals surface area contributed by atoms with Crippen molar-refractivity contribution in [3.8, 4) is 0 Å². The van der Waals surface area contributed by atoms with Crippen molar-refractivity contribution in [3.63, 3.8) is 0 Å². The third kappa shape index (κ3) is 3.29. The Labute approximate surface area is 136 Å². The Bertz CT molecular complexity index is 401. The quantitative estimate of drug-likeness (QED) is 0.808. The van der Waals surface area contributed by atoms with Gasteiger partial charge in [-0.3, -0.25) is 0 Å². The maximum atomic E-state index is 6.41. The summed E-state index contributed by atoms with van der Waals surface area (Å²) < 4.78 is 18.2. The summed E-state index contributed by atoms with van der Waals surface area (Å²) in [4.78, 5) is 0. The van der Waals surface area contributed by atoms with Crippen LogP contribution in [0.3, 0.4) is 0 Å². The molecule has 0 amide bonds. The summed E-state index contributed by atoms with van der Waals surface area (Å²) >= 11 is 0. The molecule has 5 heteroatoms. The van der Waals surface area contributed by atoms with Crippen molar-refractivity contribution >= 4 is 8.32 Å². The molecule has 2 aliphatic heterocycles. The zero-order chi connectivity index (χ0) is 16.0. The van der Waals surface area contributed by atoms with Crippen LogP contribution < -0.4 is 5.32 Å². The van der Waals surface area contributed by atoms with E-state index in [9.17, 15) is 0 Å². The van der Waals surface area contributed by atoms with E-state index in [1.54, 1.807) is 0 Å². The van der Waals surface area contributed by atoms with E-state index < -0.39 is 8.32 Å². The summed E-state index contributed by atoms with van der Waals surface area (Å²) in [6, 6.07) is 1.04. The van der Waals surface area contributed by atoms with E-state index in [4.69, 9.17) is 13.9 Å². The Morgan fingerprint density at radius 3 is 2.55 bits per heavy atom. The van der Waals surface area contributed by atoms with Crippen molar-refractivity contribution in [3.05, 3.63) is 0 Å². The lowest BCUT2D eigenvalue weighted by Crippen LogP contribution is -2.47. The second-order valence-electron chi connectivity index (χ2n) is 8.89. The summed E-state index contributed by atoms with van der Waals surface area (Å²) in [5, 5.41) is 4.09. The van der Waals surface area contributed by atoms with Crippen LogP contribution in [-0.4, -0.2) is 46.0 Å². The van der Waals surface area contributed by atoms with E-state index in [-0.39, 0.29) is 10.8 Å². The number of fused-ring (bicyclic) bond motifs is 1. The first-order chi connectivity index (χ1) is 10.2. The van der Waals surface area contributed by atoms with Crippen LogP contribution in [0.2, 0.25) is 18.1 Å². The van der Waals surface area contributed by atoms with Gasteiger partial charge in [0, 0.05) is 31.5 Å². The summed E-state index contributed by atoms with van der Waals surface area (Å²) in [5.41, 5.74) is 0. The second kappa shape index (κ2) is 5.85. The first-order valence-corrected chi connectivity index (χ1v) is 11.8. The van der Waals surface area contributed by atoms with Gasteiger partial charge in [0.25, 0.3) is 0 Å². The van der Waals surface area contributed by atoms with E-state index in [1.807, 2.05) is 0 Å². The standard InChI is InChI=1S/C17H33NO3Si/c1-16(2,3)22(4,5)21-12-14-10-13-6-7-17(11-15(13)18-14)19-8-9-20-17/h13-15,18H,6-12H2,1-5H3/t13-,14+,15-/m1/s1. The average molecular weight is 328 g/mol. The van der Waals surface area contributed by atoms with E-state index in [1.165, 1.54) is 12.8 Å². The van der Waals surface area contributed by atoms with Crippen LogP contribution in [0, 0.1) is 5.92 Å². The fraction of sp³-hybridized carbons (Fsp3) is 1.00. The average Bonchev–Trinajstić information content (AvgIpc) is 3.02. The first kappa shape index (κ1) is 16.9. The van der Waals surface area contributed by atoms with Crippen LogP contribution in [-0.2, 0) is 13.9 Å². The van der Waals surface area contributed by atoms with Crippen LogP contribution in [0.1, 0.15) is 46.5 Å². The minimum absolute atomic E-state index is 0.274. The number of hydrogen-bond acceptors (Lipinski definition) is 4. The Morgan fingerprint density at radius 2 is 1.91 bits per heavy atom. The van der Waals surface area contributed by atoms with Gasteiger partial charge in [0.2, 0.25) is 0 Å². The predicted molar refractivity (Wildman–Crippen MR) is 90.5 cm³/mol. The smallest absolute Gasteiger partial charge is 0.192 e. The van der Waals surface area contributed by atoms with E-state index in [0.717, 1.165) is 38.6 Å². The summed E-state index contributed by atoms with van der Waals surface area (Å²) in [7, 11) is -1.64. The highest BCUT2D eigenvalue weighted by Crippen LogP contribution is 2.43. The molecule has 0 radical (unpaired) electrons. The van der Waals surface area contributed by atoms with E-state index in [2.05, 4.69) is 39.2 Å². The minimum atomic E-state index is -1.64. The molecule has 1 saturated carbocycles. The summed E-state index contributed by atoms with van der Waals surface area (Å²) in [5.74, 6) is 0.495. The third-order valence-electron chi connectivity index (χ3n) is 6.30. The Morgan fingerprint density at radius 1 is 1.23 bits per heavy atom.